The Bertz CT molecular complexity index is 437. The highest BCUT2D eigenvalue weighted by Gasteiger charge is 2.13. The molecule has 15 heavy (non-hydrogen) atoms. The molecule has 0 aliphatic carbocycles. The van der Waals surface area contributed by atoms with Crippen molar-refractivity contribution < 1.29 is 4.79 Å². The molecule has 3 heteroatoms. The highest BCUT2D eigenvalue weighted by Crippen LogP contribution is 2.10. The van der Waals surface area contributed by atoms with Crippen LogP contribution >= 0.6 is 0 Å². The van der Waals surface area contributed by atoms with E-state index >= 15 is 0 Å². The molecule has 1 rings (SSSR count). The van der Waals surface area contributed by atoms with Gasteiger partial charge in [-0.1, -0.05) is 23.8 Å². The van der Waals surface area contributed by atoms with Crippen LogP contribution in [0.25, 0.3) is 0 Å². The van der Waals surface area contributed by atoms with Gasteiger partial charge in [0.1, 0.15) is 5.92 Å². The van der Waals surface area contributed by atoms with Crippen molar-refractivity contribution in [2.45, 2.75) is 13.3 Å². The topological polar surface area (TPSA) is 64.7 Å². The molecule has 74 valence electrons. The predicted molar refractivity (Wildman–Crippen MR) is 54.8 cm³/mol. The molecule has 0 unspecified atom stereocenters. The summed E-state index contributed by atoms with van der Waals surface area (Å²) in [6, 6.07) is 10.7. The fourth-order valence-electron chi connectivity index (χ4n) is 1.24. The van der Waals surface area contributed by atoms with Crippen molar-refractivity contribution in [1.29, 1.82) is 10.5 Å². The lowest BCUT2D eigenvalue weighted by atomic mass is 9.99. The third kappa shape index (κ3) is 2.93. The third-order valence-electron chi connectivity index (χ3n) is 2.04. The van der Waals surface area contributed by atoms with Crippen LogP contribution in [0.4, 0.5) is 0 Å². The van der Waals surface area contributed by atoms with Crippen molar-refractivity contribution in [3.63, 3.8) is 0 Å². The van der Waals surface area contributed by atoms with Crippen LogP contribution < -0.4 is 0 Å². The molecule has 0 amide bonds. The normalized spacial score (nSPS) is 9.33. The molecule has 0 spiro atoms. The van der Waals surface area contributed by atoms with E-state index in [1.54, 1.807) is 30.3 Å². The fourth-order valence-corrected chi connectivity index (χ4v) is 1.24. The first-order chi connectivity index (χ1) is 7.17. The Morgan fingerprint density at radius 1 is 1.40 bits per heavy atom. The molecule has 0 N–H and O–H groups in total. The van der Waals surface area contributed by atoms with Gasteiger partial charge in [-0.05, 0) is 13.0 Å². The van der Waals surface area contributed by atoms with Gasteiger partial charge in [0.25, 0.3) is 0 Å². The van der Waals surface area contributed by atoms with E-state index in [0.29, 0.717) is 5.56 Å². The zero-order valence-corrected chi connectivity index (χ0v) is 8.40. The molecule has 1 aromatic rings. The molecule has 1 aromatic carbocycles. The Kier molecular flexibility index (Phi) is 3.60. The van der Waals surface area contributed by atoms with Crippen LogP contribution in [0.2, 0.25) is 0 Å². The van der Waals surface area contributed by atoms with E-state index in [2.05, 4.69) is 0 Å². The van der Waals surface area contributed by atoms with Crippen LogP contribution in [0, 0.1) is 35.5 Å². The van der Waals surface area contributed by atoms with Crippen molar-refractivity contribution >= 4 is 5.78 Å². The highest BCUT2D eigenvalue weighted by atomic mass is 16.1. The highest BCUT2D eigenvalue weighted by molar-refractivity contribution is 5.96. The van der Waals surface area contributed by atoms with Crippen LogP contribution in [-0.2, 0) is 0 Å². The molecule has 0 aliphatic heterocycles. The summed E-state index contributed by atoms with van der Waals surface area (Å²) in [4.78, 5) is 11.6. The minimum absolute atomic E-state index is 0.0313. The van der Waals surface area contributed by atoms with Crippen LogP contribution in [-0.4, -0.2) is 5.78 Å². The van der Waals surface area contributed by atoms with Gasteiger partial charge >= 0.3 is 0 Å². The van der Waals surface area contributed by atoms with E-state index in [-0.39, 0.29) is 12.2 Å². The zero-order valence-electron chi connectivity index (χ0n) is 8.40. The number of hydrogen-bond acceptors (Lipinski definition) is 3. The second-order valence-electron chi connectivity index (χ2n) is 3.31. The number of nitriles is 2. The number of hydrogen-bond donors (Lipinski definition) is 0. The summed E-state index contributed by atoms with van der Waals surface area (Å²) in [5, 5.41) is 17.1. The average Bonchev–Trinajstić information content (AvgIpc) is 2.25. The van der Waals surface area contributed by atoms with E-state index in [0.717, 1.165) is 5.56 Å². The van der Waals surface area contributed by atoms with E-state index in [1.807, 2.05) is 13.0 Å². The Labute approximate surface area is 88.6 Å². The van der Waals surface area contributed by atoms with Crippen molar-refractivity contribution in [3.05, 3.63) is 35.4 Å². The summed E-state index contributed by atoms with van der Waals surface area (Å²) >= 11 is 0. The summed E-state index contributed by atoms with van der Waals surface area (Å²) in [5.74, 6) is -1.01. The molecule has 0 heterocycles. The standard InChI is InChI=1S/C12H10N2O/c1-9-3-2-4-11(5-9)12(15)6-10(7-13)8-14/h2-5,10H,6H2,1H3. The molecule has 0 atom stereocenters. The molecule has 0 aliphatic rings. The first-order valence-corrected chi connectivity index (χ1v) is 4.56. The Balaban J connectivity index is 2.79. The molecule has 0 radical (unpaired) electrons. The number of Topliss-reactive ketones (excluding diaryl/α,β-unsaturated/α-hetero) is 1. The number of rotatable bonds is 3. The smallest absolute Gasteiger partial charge is 0.165 e. The lowest BCUT2D eigenvalue weighted by molar-refractivity contribution is 0.0976. The summed E-state index contributed by atoms with van der Waals surface area (Å²) in [6.07, 6.45) is -0.0313. The lowest BCUT2D eigenvalue weighted by Crippen LogP contribution is -2.05. The van der Waals surface area contributed by atoms with Crippen LogP contribution in [0.3, 0.4) is 0 Å². The van der Waals surface area contributed by atoms with Crippen molar-refractivity contribution in [1.82, 2.24) is 0 Å². The maximum absolute atomic E-state index is 11.6. The summed E-state index contributed by atoms with van der Waals surface area (Å²) in [7, 11) is 0. The van der Waals surface area contributed by atoms with Crippen molar-refractivity contribution in [2.24, 2.45) is 5.92 Å². The Morgan fingerprint density at radius 2 is 2.07 bits per heavy atom. The molecule has 3 nitrogen and oxygen atoms in total. The van der Waals surface area contributed by atoms with E-state index < -0.39 is 5.92 Å². The molecule has 0 saturated heterocycles. The van der Waals surface area contributed by atoms with E-state index in [4.69, 9.17) is 10.5 Å². The zero-order chi connectivity index (χ0) is 11.3. The number of benzene rings is 1. The number of carbonyl (C=O) groups excluding carboxylic acids is 1. The van der Waals surface area contributed by atoms with Crippen molar-refractivity contribution in [3.8, 4) is 12.1 Å². The first kappa shape index (κ1) is 10.9. The number of carbonyl (C=O) groups is 1. The summed E-state index contributed by atoms with van der Waals surface area (Å²) in [5.41, 5.74) is 1.55. The van der Waals surface area contributed by atoms with Gasteiger partial charge in [0.2, 0.25) is 0 Å². The first-order valence-electron chi connectivity index (χ1n) is 4.56. The third-order valence-corrected chi connectivity index (χ3v) is 2.04. The Morgan fingerprint density at radius 3 is 2.60 bits per heavy atom. The quantitative estimate of drug-likeness (QED) is 0.699. The van der Waals surface area contributed by atoms with Gasteiger partial charge in [-0.3, -0.25) is 4.79 Å². The minimum Gasteiger partial charge on any atom is -0.294 e. The average molecular weight is 198 g/mol. The van der Waals surface area contributed by atoms with Gasteiger partial charge in [0.05, 0.1) is 12.1 Å². The second-order valence-corrected chi connectivity index (χ2v) is 3.31. The van der Waals surface area contributed by atoms with Gasteiger partial charge in [-0.25, -0.2) is 0 Å². The Hall–Kier alpha value is -2.13. The molecule has 0 fully saturated rings. The van der Waals surface area contributed by atoms with Gasteiger partial charge in [0, 0.05) is 12.0 Å². The maximum Gasteiger partial charge on any atom is 0.165 e. The predicted octanol–water partition coefficient (Wildman–Crippen LogP) is 2.23. The number of ketones is 1. The van der Waals surface area contributed by atoms with Crippen LogP contribution in [0.5, 0.6) is 0 Å². The summed E-state index contributed by atoms with van der Waals surface area (Å²) < 4.78 is 0. The monoisotopic (exact) mass is 198 g/mol. The molecular weight excluding hydrogens is 188 g/mol. The van der Waals surface area contributed by atoms with Gasteiger partial charge < -0.3 is 0 Å². The largest absolute Gasteiger partial charge is 0.294 e. The van der Waals surface area contributed by atoms with Crippen molar-refractivity contribution in [2.75, 3.05) is 0 Å². The molecular formula is C12H10N2O. The van der Waals surface area contributed by atoms with Gasteiger partial charge in [-0.2, -0.15) is 10.5 Å². The van der Waals surface area contributed by atoms with Crippen LogP contribution in [0.1, 0.15) is 22.3 Å². The number of aryl methyl sites for hydroxylation is 1. The fraction of sp³-hybridized carbons (Fsp3) is 0.250. The second kappa shape index (κ2) is 4.93. The molecule has 0 aromatic heterocycles. The van der Waals surface area contributed by atoms with E-state index in [9.17, 15) is 4.79 Å². The van der Waals surface area contributed by atoms with Crippen LogP contribution in [0.15, 0.2) is 24.3 Å². The van der Waals surface area contributed by atoms with Gasteiger partial charge in [0.15, 0.2) is 5.78 Å². The number of nitrogens with zero attached hydrogens (tertiary/aromatic N) is 2. The van der Waals surface area contributed by atoms with Gasteiger partial charge in [-0.15, -0.1) is 0 Å². The van der Waals surface area contributed by atoms with E-state index in [1.165, 1.54) is 0 Å². The maximum atomic E-state index is 11.6. The summed E-state index contributed by atoms with van der Waals surface area (Å²) in [6.45, 7) is 1.89. The molecule has 0 saturated carbocycles. The SMILES string of the molecule is Cc1cccc(C(=O)CC(C#N)C#N)c1. The minimum atomic E-state index is -0.849. The lowest BCUT2D eigenvalue weighted by Gasteiger charge is -2.01. The molecule has 0 bridgehead atoms.